The van der Waals surface area contributed by atoms with E-state index in [1.165, 1.54) is 18.3 Å². The van der Waals surface area contributed by atoms with Gasteiger partial charge in [0, 0.05) is 23.9 Å². The van der Waals surface area contributed by atoms with Gasteiger partial charge in [-0.05, 0) is 113 Å². The van der Waals surface area contributed by atoms with Crippen LogP contribution in [0.2, 0.25) is 0 Å². The molecular formula is C30H33FN4O4. The van der Waals surface area contributed by atoms with E-state index >= 15 is 0 Å². The normalized spacial score (nSPS) is 22.4. The Labute approximate surface area is 226 Å². The lowest BCUT2D eigenvalue weighted by Gasteiger charge is -2.38. The number of hydrogen-bond acceptors (Lipinski definition) is 7. The Morgan fingerprint density at radius 1 is 0.974 bits per heavy atom. The van der Waals surface area contributed by atoms with Gasteiger partial charge in [-0.1, -0.05) is 0 Å². The Morgan fingerprint density at radius 3 is 2.38 bits per heavy atom. The summed E-state index contributed by atoms with van der Waals surface area (Å²) < 4.78 is 19.0. The number of pyridine rings is 2. The number of fused-ring (bicyclic) bond motifs is 1. The summed E-state index contributed by atoms with van der Waals surface area (Å²) in [4.78, 5) is 49.2. The summed E-state index contributed by atoms with van der Waals surface area (Å²) in [5, 5.41) is 0. The quantitative estimate of drug-likeness (QED) is 0.339. The van der Waals surface area contributed by atoms with Gasteiger partial charge in [0.1, 0.15) is 11.3 Å². The number of amides is 1. The minimum atomic E-state index is -1.32. The summed E-state index contributed by atoms with van der Waals surface area (Å²) >= 11 is 0. The average Bonchev–Trinajstić information content (AvgIpc) is 2.96. The van der Waals surface area contributed by atoms with E-state index in [4.69, 9.17) is 10.5 Å². The third-order valence-corrected chi connectivity index (χ3v) is 8.31. The fourth-order valence-corrected chi connectivity index (χ4v) is 5.84. The molecule has 1 aromatic carbocycles. The number of halogens is 1. The molecule has 8 nitrogen and oxygen atoms in total. The van der Waals surface area contributed by atoms with Gasteiger partial charge >= 0.3 is 5.97 Å². The van der Waals surface area contributed by atoms with Crippen molar-refractivity contribution in [1.82, 2.24) is 14.9 Å². The molecule has 0 unspecified atom stereocenters. The van der Waals surface area contributed by atoms with E-state index in [0.717, 1.165) is 51.7 Å². The van der Waals surface area contributed by atoms with E-state index in [2.05, 4.69) is 14.9 Å². The molecule has 1 saturated carbocycles. The number of primary amides is 1. The van der Waals surface area contributed by atoms with Crippen molar-refractivity contribution in [2.75, 3.05) is 19.6 Å². The first kappa shape index (κ1) is 26.9. The van der Waals surface area contributed by atoms with Crippen LogP contribution in [0.15, 0.2) is 54.9 Å². The number of ether oxygens (including phenoxy) is 1. The van der Waals surface area contributed by atoms with Gasteiger partial charge < -0.3 is 15.4 Å². The molecule has 2 fully saturated rings. The zero-order chi connectivity index (χ0) is 27.4. The van der Waals surface area contributed by atoms with Gasteiger partial charge in [-0.15, -0.1) is 0 Å². The molecule has 0 radical (unpaired) electrons. The Kier molecular flexibility index (Phi) is 7.97. The van der Waals surface area contributed by atoms with Crippen molar-refractivity contribution in [2.45, 2.75) is 50.5 Å². The maximum absolute atomic E-state index is 13.2. The Bertz CT molecular complexity index is 1340. The highest BCUT2D eigenvalue weighted by Gasteiger charge is 2.44. The molecule has 39 heavy (non-hydrogen) atoms. The number of Topliss-reactive ketones (excluding diaryl/α,β-unsaturated/α-hetero) is 1. The van der Waals surface area contributed by atoms with Crippen LogP contribution in [0.1, 0.15) is 65.7 Å². The predicted octanol–water partition coefficient (Wildman–Crippen LogP) is 4.33. The molecule has 5 rings (SSSR count). The molecule has 1 aliphatic heterocycles. The van der Waals surface area contributed by atoms with Crippen LogP contribution in [0.5, 0.6) is 0 Å². The molecule has 2 aromatic heterocycles. The lowest BCUT2D eigenvalue weighted by Crippen LogP contribution is -2.50. The maximum atomic E-state index is 13.2. The second-order valence-corrected chi connectivity index (χ2v) is 10.7. The molecule has 0 bridgehead atoms. The van der Waals surface area contributed by atoms with E-state index < -0.39 is 17.5 Å². The van der Waals surface area contributed by atoms with Gasteiger partial charge in [0.25, 0.3) is 5.91 Å². The summed E-state index contributed by atoms with van der Waals surface area (Å²) in [6.07, 6.45) is 7.93. The summed E-state index contributed by atoms with van der Waals surface area (Å²) in [5.74, 6) is -1.10. The fraction of sp³-hybridized carbons (Fsp3) is 0.433. The van der Waals surface area contributed by atoms with E-state index in [1.807, 2.05) is 0 Å². The monoisotopic (exact) mass is 532 g/mol. The second kappa shape index (κ2) is 11.6. The van der Waals surface area contributed by atoms with Crippen LogP contribution in [-0.4, -0.2) is 57.8 Å². The Hall–Kier alpha value is -3.72. The Morgan fingerprint density at radius 2 is 1.69 bits per heavy atom. The van der Waals surface area contributed by atoms with Crippen LogP contribution in [0.4, 0.5) is 4.39 Å². The summed E-state index contributed by atoms with van der Waals surface area (Å²) in [7, 11) is 0. The zero-order valence-electron chi connectivity index (χ0n) is 21.9. The highest BCUT2D eigenvalue weighted by Crippen LogP contribution is 2.37. The van der Waals surface area contributed by atoms with Crippen LogP contribution >= 0.6 is 0 Å². The standard InChI is InChI=1S/C30H33FN4O4/c31-23-5-3-21(4-6-23)27(36)22-11-18-35(19-12-22)17-10-20-7-13-30(14-8-20,29(32)38)39-28(37)24-9-16-33-25-2-1-15-34-26(24)25/h1-6,9,15-16,20,22H,7-8,10-14,17-19H2,(H2,32,38). The molecule has 2 N–H and O–H groups in total. The molecule has 1 aliphatic carbocycles. The van der Waals surface area contributed by atoms with E-state index in [-0.39, 0.29) is 23.1 Å². The average molecular weight is 533 g/mol. The number of esters is 1. The van der Waals surface area contributed by atoms with Gasteiger partial charge in [-0.3, -0.25) is 19.6 Å². The minimum absolute atomic E-state index is 0.0278. The van der Waals surface area contributed by atoms with Crippen molar-refractivity contribution in [3.63, 3.8) is 0 Å². The molecule has 204 valence electrons. The number of aromatic nitrogens is 2. The molecule has 0 spiro atoms. The molecule has 1 saturated heterocycles. The first-order valence-electron chi connectivity index (χ1n) is 13.6. The van der Waals surface area contributed by atoms with Gasteiger partial charge in [0.15, 0.2) is 11.4 Å². The van der Waals surface area contributed by atoms with Crippen LogP contribution in [0, 0.1) is 17.7 Å². The highest BCUT2D eigenvalue weighted by molar-refractivity contribution is 6.02. The van der Waals surface area contributed by atoms with Crippen molar-refractivity contribution >= 4 is 28.7 Å². The molecule has 0 atom stereocenters. The predicted molar refractivity (Wildman–Crippen MR) is 143 cm³/mol. The molecule has 1 amide bonds. The molecular weight excluding hydrogens is 499 g/mol. The number of ketones is 1. The van der Waals surface area contributed by atoms with Crippen molar-refractivity contribution in [3.05, 3.63) is 71.8 Å². The van der Waals surface area contributed by atoms with Crippen LogP contribution < -0.4 is 5.73 Å². The fourth-order valence-electron chi connectivity index (χ4n) is 5.84. The van der Waals surface area contributed by atoms with Gasteiger partial charge in [0.2, 0.25) is 0 Å². The van der Waals surface area contributed by atoms with Crippen LogP contribution in [0.25, 0.3) is 11.0 Å². The molecule has 3 heterocycles. The van der Waals surface area contributed by atoms with Crippen LogP contribution in [0.3, 0.4) is 0 Å². The lowest BCUT2D eigenvalue weighted by atomic mass is 9.76. The number of likely N-dealkylation sites (tertiary alicyclic amines) is 1. The Balaban J connectivity index is 1.11. The number of benzene rings is 1. The van der Waals surface area contributed by atoms with Gasteiger partial charge in [-0.2, -0.15) is 0 Å². The minimum Gasteiger partial charge on any atom is -0.445 e. The van der Waals surface area contributed by atoms with Gasteiger partial charge in [-0.25, -0.2) is 9.18 Å². The number of carbonyl (C=O) groups excluding carboxylic acids is 3. The molecule has 9 heteroatoms. The smallest absolute Gasteiger partial charge is 0.341 e. The third kappa shape index (κ3) is 5.98. The van der Waals surface area contributed by atoms with E-state index in [1.54, 1.807) is 36.5 Å². The maximum Gasteiger partial charge on any atom is 0.341 e. The first-order chi connectivity index (χ1) is 18.8. The third-order valence-electron chi connectivity index (χ3n) is 8.31. The van der Waals surface area contributed by atoms with Crippen molar-refractivity contribution in [3.8, 4) is 0 Å². The first-order valence-corrected chi connectivity index (χ1v) is 13.6. The molecule has 3 aromatic rings. The van der Waals surface area contributed by atoms with Crippen molar-refractivity contribution in [2.24, 2.45) is 17.6 Å². The van der Waals surface area contributed by atoms with E-state index in [9.17, 15) is 18.8 Å². The number of carbonyl (C=O) groups is 3. The topological polar surface area (TPSA) is 115 Å². The number of hydrogen-bond donors (Lipinski definition) is 1. The largest absolute Gasteiger partial charge is 0.445 e. The highest BCUT2D eigenvalue weighted by atomic mass is 19.1. The summed E-state index contributed by atoms with van der Waals surface area (Å²) in [5.41, 5.74) is 6.29. The van der Waals surface area contributed by atoms with Crippen molar-refractivity contribution in [1.29, 1.82) is 0 Å². The number of piperidine rings is 1. The number of nitrogens with two attached hydrogens (primary N) is 1. The van der Waals surface area contributed by atoms with Crippen molar-refractivity contribution < 1.29 is 23.5 Å². The SMILES string of the molecule is NC(=O)C1(OC(=O)c2ccnc3cccnc23)CCC(CCN2CCC(C(=O)c3ccc(F)cc3)CC2)CC1. The van der Waals surface area contributed by atoms with Crippen LogP contribution in [-0.2, 0) is 9.53 Å². The number of rotatable bonds is 8. The molecule has 2 aliphatic rings. The second-order valence-electron chi connectivity index (χ2n) is 10.7. The zero-order valence-corrected chi connectivity index (χ0v) is 21.9. The summed E-state index contributed by atoms with van der Waals surface area (Å²) in [6.45, 7) is 2.61. The summed E-state index contributed by atoms with van der Waals surface area (Å²) in [6, 6.07) is 10.8. The van der Waals surface area contributed by atoms with Gasteiger partial charge in [0.05, 0.1) is 11.1 Å². The lowest BCUT2D eigenvalue weighted by molar-refractivity contribution is -0.142. The van der Waals surface area contributed by atoms with E-state index in [0.29, 0.717) is 35.4 Å². The number of nitrogens with zero attached hydrogens (tertiary/aromatic N) is 3.